The molecule has 0 aliphatic carbocycles. The Kier molecular flexibility index (Phi) is 5.69. The van der Waals surface area contributed by atoms with Crippen molar-refractivity contribution in [2.45, 2.75) is 6.92 Å². The molecule has 0 bridgehead atoms. The second-order valence-corrected chi connectivity index (χ2v) is 5.38. The largest absolute Gasteiger partial charge is 0.352 e. The van der Waals surface area contributed by atoms with Crippen LogP contribution in [0.15, 0.2) is 18.2 Å². The number of hydrogen-bond donors (Lipinski definition) is 2. The lowest BCUT2D eigenvalue weighted by molar-refractivity contribution is 0.0941. The van der Waals surface area contributed by atoms with Gasteiger partial charge in [-0.2, -0.15) is 0 Å². The Morgan fingerprint density at radius 3 is 2.82 bits per heavy atom. The smallest absolute Gasteiger partial charge is 0.252 e. The molecule has 1 aliphatic rings. The summed E-state index contributed by atoms with van der Waals surface area (Å²) >= 11 is 2.20. The number of carbonyl (C=O) groups is 1. The van der Waals surface area contributed by atoms with Crippen LogP contribution < -0.4 is 10.6 Å². The number of rotatable bonds is 3. The van der Waals surface area contributed by atoms with Crippen LogP contribution in [0.5, 0.6) is 0 Å². The molecule has 0 radical (unpaired) electrons. The van der Waals surface area contributed by atoms with E-state index < -0.39 is 0 Å². The second kappa shape index (κ2) is 6.56. The number of aryl methyl sites for hydroxylation is 1. The first-order chi connectivity index (χ1) is 7.66. The second-order valence-electron chi connectivity index (χ2n) is 4.22. The zero-order valence-electron chi connectivity index (χ0n) is 9.63. The van der Waals surface area contributed by atoms with E-state index in [1.807, 2.05) is 25.1 Å². The minimum absolute atomic E-state index is 0. The predicted molar refractivity (Wildman–Crippen MR) is 79.8 cm³/mol. The summed E-state index contributed by atoms with van der Waals surface area (Å²) in [5.74, 6) is 0.645. The monoisotopic (exact) mass is 366 g/mol. The number of benzene rings is 1. The molecule has 3 nitrogen and oxygen atoms in total. The van der Waals surface area contributed by atoms with Crippen LogP contribution in [0, 0.1) is 16.4 Å². The number of hydrogen-bond acceptors (Lipinski definition) is 2. The maximum absolute atomic E-state index is 11.9. The Labute approximate surface area is 121 Å². The van der Waals surface area contributed by atoms with Gasteiger partial charge < -0.3 is 10.6 Å². The zero-order valence-corrected chi connectivity index (χ0v) is 12.6. The van der Waals surface area contributed by atoms with Gasteiger partial charge in [0.25, 0.3) is 5.91 Å². The van der Waals surface area contributed by atoms with Crippen molar-refractivity contribution >= 4 is 40.9 Å². The van der Waals surface area contributed by atoms with Gasteiger partial charge in [0.15, 0.2) is 0 Å². The standard InChI is InChI=1S/C12H15IN2O.ClH/c1-8-2-3-11(13)10(4-8)12(16)15-7-9-5-14-6-9;/h2-4,9,14H,5-7H2,1H3,(H,15,16);1H. The van der Waals surface area contributed by atoms with Crippen molar-refractivity contribution in [3.8, 4) is 0 Å². The van der Waals surface area contributed by atoms with E-state index in [1.54, 1.807) is 0 Å². The van der Waals surface area contributed by atoms with Crippen LogP contribution in [-0.2, 0) is 0 Å². The first-order valence-corrected chi connectivity index (χ1v) is 6.50. The van der Waals surface area contributed by atoms with Gasteiger partial charge in [-0.05, 0) is 41.6 Å². The highest BCUT2D eigenvalue weighted by Gasteiger charge is 2.18. The van der Waals surface area contributed by atoms with Crippen molar-refractivity contribution in [3.63, 3.8) is 0 Å². The maximum atomic E-state index is 11.9. The molecule has 1 heterocycles. The summed E-state index contributed by atoms with van der Waals surface area (Å²) < 4.78 is 1.01. The summed E-state index contributed by atoms with van der Waals surface area (Å²) in [6.07, 6.45) is 0. The minimum Gasteiger partial charge on any atom is -0.352 e. The Hall–Kier alpha value is -0.330. The van der Waals surface area contributed by atoms with E-state index in [0.717, 1.165) is 34.3 Å². The molecular formula is C12H16ClIN2O. The third-order valence-electron chi connectivity index (χ3n) is 2.78. The summed E-state index contributed by atoms with van der Waals surface area (Å²) in [6, 6.07) is 5.94. The average Bonchev–Trinajstić information content (AvgIpc) is 2.19. The lowest BCUT2D eigenvalue weighted by atomic mass is 10.0. The fourth-order valence-electron chi connectivity index (χ4n) is 1.64. The topological polar surface area (TPSA) is 41.1 Å². The van der Waals surface area contributed by atoms with Gasteiger partial charge in [0.1, 0.15) is 0 Å². The first-order valence-electron chi connectivity index (χ1n) is 5.42. The van der Waals surface area contributed by atoms with Crippen molar-refractivity contribution in [3.05, 3.63) is 32.9 Å². The van der Waals surface area contributed by atoms with Crippen molar-refractivity contribution in [2.24, 2.45) is 5.92 Å². The van der Waals surface area contributed by atoms with Crippen molar-refractivity contribution in [2.75, 3.05) is 19.6 Å². The Morgan fingerprint density at radius 1 is 1.53 bits per heavy atom. The fraction of sp³-hybridized carbons (Fsp3) is 0.417. The molecule has 1 amide bonds. The van der Waals surface area contributed by atoms with Crippen LogP contribution in [-0.4, -0.2) is 25.5 Å². The molecule has 0 unspecified atom stereocenters. The normalized spacial score (nSPS) is 14.7. The molecular weight excluding hydrogens is 351 g/mol. The summed E-state index contributed by atoms with van der Waals surface area (Å²) in [7, 11) is 0. The molecule has 1 saturated heterocycles. The molecule has 0 spiro atoms. The predicted octanol–water partition coefficient (Wildman–Crippen LogP) is 1.97. The molecule has 1 aliphatic heterocycles. The number of nitrogens with one attached hydrogen (secondary N) is 2. The number of amides is 1. The highest BCUT2D eigenvalue weighted by Crippen LogP contribution is 2.14. The quantitative estimate of drug-likeness (QED) is 0.803. The van der Waals surface area contributed by atoms with Gasteiger partial charge in [-0.1, -0.05) is 11.6 Å². The van der Waals surface area contributed by atoms with Crippen LogP contribution in [0.4, 0.5) is 0 Å². The molecule has 0 saturated carbocycles. The van der Waals surface area contributed by atoms with E-state index in [4.69, 9.17) is 0 Å². The zero-order chi connectivity index (χ0) is 11.5. The van der Waals surface area contributed by atoms with Gasteiger partial charge in [-0.15, -0.1) is 12.4 Å². The SMILES string of the molecule is Cc1ccc(I)c(C(=O)NCC2CNC2)c1.Cl. The first kappa shape index (κ1) is 14.7. The van der Waals surface area contributed by atoms with Crippen LogP contribution in [0.3, 0.4) is 0 Å². The average molecular weight is 367 g/mol. The molecule has 0 aromatic heterocycles. The van der Waals surface area contributed by atoms with Gasteiger partial charge in [-0.3, -0.25) is 4.79 Å². The van der Waals surface area contributed by atoms with Crippen LogP contribution in [0.25, 0.3) is 0 Å². The molecule has 5 heteroatoms. The van der Waals surface area contributed by atoms with Gasteiger partial charge in [-0.25, -0.2) is 0 Å². The molecule has 94 valence electrons. The van der Waals surface area contributed by atoms with Gasteiger partial charge >= 0.3 is 0 Å². The fourth-order valence-corrected chi connectivity index (χ4v) is 2.22. The summed E-state index contributed by atoms with van der Waals surface area (Å²) in [5, 5.41) is 6.18. The molecule has 0 atom stereocenters. The summed E-state index contributed by atoms with van der Waals surface area (Å²) in [4.78, 5) is 11.9. The maximum Gasteiger partial charge on any atom is 0.252 e. The molecule has 1 aromatic carbocycles. The van der Waals surface area contributed by atoms with Gasteiger partial charge in [0, 0.05) is 29.1 Å². The lowest BCUT2D eigenvalue weighted by Gasteiger charge is -2.27. The Balaban J connectivity index is 0.00000144. The molecule has 2 N–H and O–H groups in total. The third kappa shape index (κ3) is 3.82. The van der Waals surface area contributed by atoms with Crippen LogP contribution >= 0.6 is 35.0 Å². The van der Waals surface area contributed by atoms with E-state index >= 15 is 0 Å². The molecule has 1 aromatic rings. The highest BCUT2D eigenvalue weighted by atomic mass is 127. The molecule has 1 fully saturated rings. The summed E-state index contributed by atoms with van der Waals surface area (Å²) in [5.41, 5.74) is 1.91. The Bertz CT molecular complexity index is 407. The Morgan fingerprint density at radius 2 is 2.24 bits per heavy atom. The molecule has 2 rings (SSSR count). The van der Waals surface area contributed by atoms with Gasteiger partial charge in [0.05, 0.1) is 5.56 Å². The number of carbonyl (C=O) groups excluding carboxylic acids is 1. The van der Waals surface area contributed by atoms with Crippen molar-refractivity contribution in [1.29, 1.82) is 0 Å². The van der Waals surface area contributed by atoms with Crippen LogP contribution in [0.2, 0.25) is 0 Å². The van der Waals surface area contributed by atoms with E-state index in [1.165, 1.54) is 0 Å². The van der Waals surface area contributed by atoms with Crippen molar-refractivity contribution < 1.29 is 4.79 Å². The lowest BCUT2D eigenvalue weighted by Crippen LogP contribution is -2.48. The molecule has 17 heavy (non-hydrogen) atoms. The van der Waals surface area contributed by atoms with E-state index in [9.17, 15) is 4.79 Å². The van der Waals surface area contributed by atoms with E-state index in [0.29, 0.717) is 5.92 Å². The minimum atomic E-state index is 0. The third-order valence-corrected chi connectivity index (χ3v) is 3.72. The van der Waals surface area contributed by atoms with E-state index in [2.05, 4.69) is 33.2 Å². The van der Waals surface area contributed by atoms with Gasteiger partial charge in [0.2, 0.25) is 0 Å². The van der Waals surface area contributed by atoms with E-state index in [-0.39, 0.29) is 18.3 Å². The van der Waals surface area contributed by atoms with Crippen LogP contribution in [0.1, 0.15) is 15.9 Å². The highest BCUT2D eigenvalue weighted by molar-refractivity contribution is 14.1. The van der Waals surface area contributed by atoms with Crippen molar-refractivity contribution in [1.82, 2.24) is 10.6 Å². The number of halogens is 2. The summed E-state index contributed by atoms with van der Waals surface area (Å²) in [6.45, 7) is 4.81.